The van der Waals surface area contributed by atoms with Crippen molar-refractivity contribution in [1.29, 1.82) is 0 Å². The quantitative estimate of drug-likeness (QED) is 0.319. The van der Waals surface area contributed by atoms with Crippen molar-refractivity contribution in [3.05, 3.63) is 68.6 Å². The first-order valence-corrected chi connectivity index (χ1v) is 21.3. The number of carbonyl (C=O) groups excluding carboxylic acids is 2. The Morgan fingerprint density at radius 1 is 0.596 bits per heavy atom. The van der Waals surface area contributed by atoms with Gasteiger partial charge in [0.1, 0.15) is 11.2 Å². The third-order valence-electron chi connectivity index (χ3n) is 15.2. The van der Waals surface area contributed by atoms with E-state index in [-0.39, 0.29) is 35.5 Å². The average molecular weight is 841 g/mol. The molecule has 10 fully saturated rings. The van der Waals surface area contributed by atoms with E-state index < -0.39 is 11.2 Å². The van der Waals surface area contributed by atoms with E-state index in [1.54, 1.807) is 0 Å². The lowest BCUT2D eigenvalue weighted by atomic mass is 9.47. The molecule has 2 heterocycles. The van der Waals surface area contributed by atoms with Crippen LogP contribution >= 0.6 is 31.9 Å². The number of benzene rings is 2. The van der Waals surface area contributed by atoms with Crippen molar-refractivity contribution in [3.63, 3.8) is 0 Å². The number of nitrogens with zero attached hydrogens (tertiary/aromatic N) is 2. The van der Waals surface area contributed by atoms with Crippen LogP contribution in [0.3, 0.4) is 0 Å². The molecule has 0 radical (unpaired) electrons. The summed E-state index contributed by atoms with van der Waals surface area (Å²) in [7, 11) is 0. The van der Waals surface area contributed by atoms with Crippen LogP contribution in [0.2, 0.25) is 0 Å². The molecule has 2 aliphatic heterocycles. The molecule has 4 unspecified atom stereocenters. The lowest BCUT2D eigenvalue weighted by Crippen LogP contribution is -2.67. The second kappa shape index (κ2) is 12.7. The summed E-state index contributed by atoms with van der Waals surface area (Å²) in [5.74, 6) is 2.62. The van der Waals surface area contributed by atoms with Crippen molar-refractivity contribution in [3.8, 4) is 0 Å². The molecule has 8 bridgehead atoms. The van der Waals surface area contributed by atoms with Gasteiger partial charge in [0.2, 0.25) is 0 Å². The smallest absolute Gasteiger partial charge is 0.410 e. The Hall–Kier alpha value is -2.14. The molecule has 10 heteroatoms. The van der Waals surface area contributed by atoms with Crippen LogP contribution in [-0.4, -0.2) is 67.7 Å². The molecular weight excluding hydrogens is 788 g/mol. The van der Waals surface area contributed by atoms with Crippen LogP contribution in [0.4, 0.5) is 9.59 Å². The van der Waals surface area contributed by atoms with Crippen molar-refractivity contribution in [2.75, 3.05) is 13.1 Å². The molecule has 2 amide bonds. The first kappa shape index (κ1) is 35.6. The molecule has 2 saturated heterocycles. The molecule has 2 N–H and O–H groups in total. The first-order valence-electron chi connectivity index (χ1n) is 19.7. The minimum absolute atomic E-state index is 0.00830. The maximum atomic E-state index is 13.0. The minimum atomic E-state index is -0.490. The number of ether oxygens (including phenoxy) is 2. The maximum Gasteiger partial charge on any atom is 0.410 e. The standard InChI is InChI=1S/2C21H26BrNO3/c2*1-13(15-2-4-18(22)5-3-15)23-7-6-21(26-19(23)24)16-8-14-9-17(21)12-20(25,10-14)11-16/h2*2-5,13-14,16-17,25H,6-12H2,1H3/t2*13-,14?,16?,17?,20?,21?/m00/s1. The minimum Gasteiger partial charge on any atom is -0.442 e. The number of aliphatic hydroxyl groups is 2. The van der Waals surface area contributed by atoms with Gasteiger partial charge < -0.3 is 29.5 Å². The first-order chi connectivity index (χ1) is 24.8. The van der Waals surface area contributed by atoms with E-state index >= 15 is 0 Å². The topological polar surface area (TPSA) is 99.5 Å². The van der Waals surface area contributed by atoms with Crippen molar-refractivity contribution in [2.24, 2.45) is 35.5 Å². The number of hydrogen-bond donors (Lipinski definition) is 2. The summed E-state index contributed by atoms with van der Waals surface area (Å²) in [6.45, 7) is 5.63. The second-order valence-corrected chi connectivity index (χ2v) is 20.0. The Balaban J connectivity index is 0.000000138. The van der Waals surface area contributed by atoms with Crippen molar-refractivity contribution in [2.45, 2.75) is 125 Å². The maximum absolute atomic E-state index is 13.0. The monoisotopic (exact) mass is 838 g/mol. The fourth-order valence-corrected chi connectivity index (χ4v) is 13.6. The molecule has 2 spiro atoms. The van der Waals surface area contributed by atoms with Crippen LogP contribution in [0.15, 0.2) is 57.5 Å². The SMILES string of the molecule is C[C@@H](c1ccc(Br)cc1)N1CCC2(OC1=O)C1CC3CC2CC(O)(C3)C1.C[C@@H](c1ccc(Br)cc1)N1CCC2(OC1=O)C1CC3CC2CC(O)(C3)C1. The van der Waals surface area contributed by atoms with Gasteiger partial charge in [0, 0.05) is 58.5 Å². The molecule has 2 aromatic rings. The summed E-state index contributed by atoms with van der Waals surface area (Å²) >= 11 is 6.93. The highest BCUT2D eigenvalue weighted by Gasteiger charge is 2.66. The van der Waals surface area contributed by atoms with Gasteiger partial charge in [-0.3, -0.25) is 0 Å². The third kappa shape index (κ3) is 5.87. The zero-order valence-corrected chi connectivity index (χ0v) is 33.5. The predicted octanol–water partition coefficient (Wildman–Crippen LogP) is 9.32. The zero-order valence-electron chi connectivity index (χ0n) is 30.3. The lowest BCUT2D eigenvalue weighted by Gasteiger charge is -2.64. The van der Waals surface area contributed by atoms with Gasteiger partial charge in [0.05, 0.1) is 23.3 Å². The summed E-state index contributed by atoms with van der Waals surface area (Å²) in [6, 6.07) is 16.3. The molecule has 2 aromatic carbocycles. The van der Waals surface area contributed by atoms with Gasteiger partial charge in [-0.2, -0.15) is 0 Å². The Bertz CT molecular complexity index is 1560. The van der Waals surface area contributed by atoms with E-state index in [2.05, 4.69) is 70.0 Å². The van der Waals surface area contributed by atoms with Crippen LogP contribution in [0.25, 0.3) is 0 Å². The van der Waals surface area contributed by atoms with E-state index in [1.807, 2.05) is 34.1 Å². The second-order valence-electron chi connectivity index (χ2n) is 18.1. The highest BCUT2D eigenvalue weighted by molar-refractivity contribution is 9.10. The summed E-state index contributed by atoms with van der Waals surface area (Å²) < 4.78 is 14.6. The van der Waals surface area contributed by atoms with Crippen LogP contribution in [0.1, 0.15) is 114 Å². The van der Waals surface area contributed by atoms with Crippen LogP contribution in [0.5, 0.6) is 0 Å². The molecule has 8 saturated carbocycles. The Morgan fingerprint density at radius 3 is 1.21 bits per heavy atom. The predicted molar refractivity (Wildman–Crippen MR) is 203 cm³/mol. The van der Waals surface area contributed by atoms with E-state index in [0.29, 0.717) is 35.5 Å². The largest absolute Gasteiger partial charge is 0.442 e. The van der Waals surface area contributed by atoms with E-state index in [4.69, 9.17) is 9.47 Å². The molecule has 6 atom stereocenters. The van der Waals surface area contributed by atoms with Gasteiger partial charge in [-0.05, 0) is 125 Å². The van der Waals surface area contributed by atoms with Crippen molar-refractivity contribution in [1.82, 2.24) is 9.80 Å². The number of halogens is 2. The van der Waals surface area contributed by atoms with Gasteiger partial charge in [-0.15, -0.1) is 0 Å². The zero-order chi connectivity index (χ0) is 36.2. The van der Waals surface area contributed by atoms with Gasteiger partial charge in [-0.25, -0.2) is 9.59 Å². The summed E-state index contributed by atoms with van der Waals surface area (Å²) in [5.41, 5.74) is 0.624. The molecular formula is C42H52Br2N2O6. The van der Waals surface area contributed by atoms with Gasteiger partial charge in [0.15, 0.2) is 0 Å². The summed E-state index contributed by atoms with van der Waals surface area (Å²) in [5, 5.41) is 21.7. The molecule has 12 rings (SSSR count). The molecule has 52 heavy (non-hydrogen) atoms. The van der Waals surface area contributed by atoms with Crippen molar-refractivity contribution >= 4 is 44.0 Å². The van der Waals surface area contributed by atoms with Crippen molar-refractivity contribution < 1.29 is 29.3 Å². The Morgan fingerprint density at radius 2 is 0.923 bits per heavy atom. The molecule has 0 aromatic heterocycles. The van der Waals surface area contributed by atoms with Crippen LogP contribution < -0.4 is 0 Å². The lowest BCUT2D eigenvalue weighted by molar-refractivity contribution is -0.240. The van der Waals surface area contributed by atoms with E-state index in [0.717, 1.165) is 110 Å². The fourth-order valence-electron chi connectivity index (χ4n) is 13.0. The van der Waals surface area contributed by atoms with E-state index in [1.165, 1.54) is 0 Å². The van der Waals surface area contributed by atoms with E-state index in [9.17, 15) is 19.8 Å². The molecule has 8 nitrogen and oxygen atoms in total. The number of hydrogen-bond acceptors (Lipinski definition) is 6. The van der Waals surface area contributed by atoms with Crippen LogP contribution in [-0.2, 0) is 9.47 Å². The number of carbonyl (C=O) groups is 2. The normalized spacial score (nSPS) is 42.2. The molecule has 280 valence electrons. The Labute approximate surface area is 324 Å². The highest BCUT2D eigenvalue weighted by Crippen LogP contribution is 2.64. The average Bonchev–Trinajstić information content (AvgIpc) is 3.09. The summed E-state index contributed by atoms with van der Waals surface area (Å²) in [6.07, 6.45) is 11.1. The van der Waals surface area contributed by atoms with Crippen LogP contribution in [0, 0.1) is 35.5 Å². The summed E-state index contributed by atoms with van der Waals surface area (Å²) in [4.78, 5) is 29.7. The van der Waals surface area contributed by atoms with Gasteiger partial charge in [0.25, 0.3) is 0 Å². The van der Waals surface area contributed by atoms with Gasteiger partial charge >= 0.3 is 12.2 Å². The third-order valence-corrected chi connectivity index (χ3v) is 16.3. The molecule has 10 aliphatic rings. The molecule has 8 aliphatic carbocycles. The van der Waals surface area contributed by atoms with Gasteiger partial charge in [-0.1, -0.05) is 56.1 Å². The number of amides is 2. The fraction of sp³-hybridized carbons (Fsp3) is 0.667. The number of rotatable bonds is 4. The highest BCUT2D eigenvalue weighted by atomic mass is 79.9. The Kier molecular flexibility index (Phi) is 8.69.